The highest BCUT2D eigenvalue weighted by molar-refractivity contribution is 6.29. The summed E-state index contributed by atoms with van der Waals surface area (Å²) >= 11 is 5.76. The second-order valence-corrected chi connectivity index (χ2v) is 5.59. The Morgan fingerprint density at radius 3 is 2.88 bits per heavy atom. The van der Waals surface area contributed by atoms with Crippen molar-refractivity contribution in [2.24, 2.45) is 5.92 Å². The fourth-order valence-corrected chi connectivity index (χ4v) is 3.48. The molecule has 0 amide bonds. The lowest BCUT2D eigenvalue weighted by Crippen LogP contribution is -2.42. The first-order valence-electron chi connectivity index (χ1n) is 6.53. The van der Waals surface area contributed by atoms with Crippen molar-refractivity contribution in [1.29, 1.82) is 0 Å². The number of hydrogen-bond acceptors (Lipinski definition) is 3. The average Bonchev–Trinajstić information content (AvgIpc) is 2.81. The van der Waals surface area contributed by atoms with E-state index in [0.717, 1.165) is 24.2 Å². The van der Waals surface area contributed by atoms with Gasteiger partial charge in [-0.25, -0.2) is 4.98 Å². The van der Waals surface area contributed by atoms with Gasteiger partial charge in [-0.15, -0.1) is 0 Å². The van der Waals surface area contributed by atoms with E-state index in [9.17, 15) is 0 Å². The van der Waals surface area contributed by atoms with Crippen LogP contribution >= 0.6 is 11.6 Å². The number of fused-ring (bicyclic) bond motifs is 1. The topological polar surface area (TPSA) is 29.0 Å². The molecule has 0 aromatic carbocycles. The molecule has 1 aliphatic carbocycles. The highest BCUT2D eigenvalue weighted by Crippen LogP contribution is 2.37. The van der Waals surface area contributed by atoms with Crippen molar-refractivity contribution in [3.63, 3.8) is 0 Å². The van der Waals surface area contributed by atoms with Crippen LogP contribution in [0.25, 0.3) is 0 Å². The van der Waals surface area contributed by atoms with Crippen LogP contribution in [0.1, 0.15) is 37.8 Å². The summed E-state index contributed by atoms with van der Waals surface area (Å²) in [5.41, 5.74) is 1.04. The minimum Gasteiger partial charge on any atom is -0.294 e. The van der Waals surface area contributed by atoms with Crippen molar-refractivity contribution in [2.45, 2.75) is 44.7 Å². The standard InChI is InChI=1S/C13H18ClN3/c14-13-8-15-11(7-16-13)9-17-6-2-4-10-3-1-5-12(10)17/h7-8,10,12H,1-6,9H2. The first-order chi connectivity index (χ1) is 8.33. The molecule has 2 heterocycles. The molecule has 2 fully saturated rings. The molecule has 2 aliphatic rings. The Labute approximate surface area is 107 Å². The molecular formula is C13H18ClN3. The molecule has 3 rings (SSSR count). The smallest absolute Gasteiger partial charge is 0.147 e. The summed E-state index contributed by atoms with van der Waals surface area (Å²) < 4.78 is 0. The number of aromatic nitrogens is 2. The fourth-order valence-electron chi connectivity index (χ4n) is 3.38. The maximum atomic E-state index is 5.76. The van der Waals surface area contributed by atoms with E-state index in [1.54, 1.807) is 12.4 Å². The van der Waals surface area contributed by atoms with E-state index in [2.05, 4.69) is 14.9 Å². The molecule has 1 saturated carbocycles. The maximum Gasteiger partial charge on any atom is 0.147 e. The third-order valence-corrected chi connectivity index (χ3v) is 4.34. The van der Waals surface area contributed by atoms with Gasteiger partial charge in [0.25, 0.3) is 0 Å². The van der Waals surface area contributed by atoms with Gasteiger partial charge in [-0.1, -0.05) is 18.0 Å². The zero-order valence-corrected chi connectivity index (χ0v) is 10.7. The Kier molecular flexibility index (Phi) is 3.30. The van der Waals surface area contributed by atoms with E-state index in [-0.39, 0.29) is 0 Å². The molecule has 1 aromatic rings. The molecule has 4 heteroatoms. The molecule has 0 bridgehead atoms. The van der Waals surface area contributed by atoms with E-state index in [4.69, 9.17) is 11.6 Å². The molecule has 1 aromatic heterocycles. The van der Waals surface area contributed by atoms with E-state index in [1.807, 2.05) is 0 Å². The van der Waals surface area contributed by atoms with Crippen LogP contribution in [0.15, 0.2) is 12.4 Å². The van der Waals surface area contributed by atoms with Crippen LogP contribution in [-0.2, 0) is 6.54 Å². The quantitative estimate of drug-likeness (QED) is 0.809. The average molecular weight is 252 g/mol. The van der Waals surface area contributed by atoms with Gasteiger partial charge < -0.3 is 0 Å². The lowest BCUT2D eigenvalue weighted by atomic mass is 9.92. The van der Waals surface area contributed by atoms with Gasteiger partial charge in [0.2, 0.25) is 0 Å². The normalized spacial score (nSPS) is 29.2. The predicted octanol–water partition coefficient (Wildman–Crippen LogP) is 2.89. The van der Waals surface area contributed by atoms with Crippen LogP contribution < -0.4 is 0 Å². The summed E-state index contributed by atoms with van der Waals surface area (Å²) in [6.07, 6.45) is 10.4. The van der Waals surface area contributed by atoms with Gasteiger partial charge in [-0.2, -0.15) is 0 Å². The lowest BCUT2D eigenvalue weighted by molar-refractivity contribution is 0.104. The number of nitrogens with zero attached hydrogens (tertiary/aromatic N) is 3. The van der Waals surface area contributed by atoms with Crippen molar-refractivity contribution in [3.05, 3.63) is 23.2 Å². The third kappa shape index (κ3) is 2.45. The minimum atomic E-state index is 0.478. The Hall–Kier alpha value is -0.670. The number of hydrogen-bond donors (Lipinski definition) is 0. The lowest BCUT2D eigenvalue weighted by Gasteiger charge is -2.37. The van der Waals surface area contributed by atoms with Gasteiger partial charge in [-0.3, -0.25) is 9.88 Å². The molecule has 3 nitrogen and oxygen atoms in total. The van der Waals surface area contributed by atoms with Crippen LogP contribution in [-0.4, -0.2) is 27.5 Å². The molecule has 0 N–H and O–H groups in total. The van der Waals surface area contributed by atoms with Crippen molar-refractivity contribution in [1.82, 2.24) is 14.9 Å². The molecule has 0 spiro atoms. The van der Waals surface area contributed by atoms with Gasteiger partial charge in [-0.05, 0) is 38.1 Å². The molecule has 2 unspecified atom stereocenters. The van der Waals surface area contributed by atoms with Crippen LogP contribution in [0, 0.1) is 5.92 Å². The molecule has 92 valence electrons. The minimum absolute atomic E-state index is 0.478. The highest BCUT2D eigenvalue weighted by Gasteiger charge is 2.34. The summed E-state index contributed by atoms with van der Waals surface area (Å²) in [6.45, 7) is 2.15. The van der Waals surface area contributed by atoms with Crippen molar-refractivity contribution >= 4 is 11.6 Å². The molecule has 0 radical (unpaired) electrons. The van der Waals surface area contributed by atoms with Gasteiger partial charge in [0, 0.05) is 12.6 Å². The van der Waals surface area contributed by atoms with Gasteiger partial charge >= 0.3 is 0 Å². The first-order valence-corrected chi connectivity index (χ1v) is 6.91. The number of rotatable bonds is 2. The maximum absolute atomic E-state index is 5.76. The van der Waals surface area contributed by atoms with E-state index >= 15 is 0 Å². The number of halogens is 1. The summed E-state index contributed by atoms with van der Waals surface area (Å²) in [5, 5.41) is 0.478. The fraction of sp³-hybridized carbons (Fsp3) is 0.692. The van der Waals surface area contributed by atoms with Gasteiger partial charge in [0.15, 0.2) is 0 Å². The van der Waals surface area contributed by atoms with Crippen LogP contribution in [0.5, 0.6) is 0 Å². The largest absolute Gasteiger partial charge is 0.294 e. The monoisotopic (exact) mass is 251 g/mol. The van der Waals surface area contributed by atoms with Crippen molar-refractivity contribution in [3.8, 4) is 0 Å². The first kappa shape index (κ1) is 11.4. The molecule has 1 saturated heterocycles. The Morgan fingerprint density at radius 1 is 1.18 bits per heavy atom. The molecule has 2 atom stereocenters. The highest BCUT2D eigenvalue weighted by atomic mass is 35.5. The molecular weight excluding hydrogens is 234 g/mol. The van der Waals surface area contributed by atoms with Crippen molar-refractivity contribution in [2.75, 3.05) is 6.54 Å². The van der Waals surface area contributed by atoms with Gasteiger partial charge in [0.05, 0.1) is 18.1 Å². The SMILES string of the molecule is Clc1cnc(CN2CCCC3CCCC32)cn1. The Balaban J connectivity index is 1.69. The zero-order chi connectivity index (χ0) is 11.7. The number of likely N-dealkylation sites (tertiary alicyclic amines) is 1. The van der Waals surface area contributed by atoms with E-state index in [1.165, 1.54) is 38.6 Å². The summed E-state index contributed by atoms with van der Waals surface area (Å²) in [5.74, 6) is 0.934. The Morgan fingerprint density at radius 2 is 2.06 bits per heavy atom. The van der Waals surface area contributed by atoms with Crippen LogP contribution in [0.3, 0.4) is 0 Å². The Bertz CT molecular complexity index is 379. The predicted molar refractivity (Wildman–Crippen MR) is 67.8 cm³/mol. The second-order valence-electron chi connectivity index (χ2n) is 5.20. The van der Waals surface area contributed by atoms with Crippen LogP contribution in [0.4, 0.5) is 0 Å². The second kappa shape index (κ2) is 4.91. The van der Waals surface area contributed by atoms with E-state index < -0.39 is 0 Å². The summed E-state index contributed by atoms with van der Waals surface area (Å²) in [7, 11) is 0. The zero-order valence-electron chi connectivity index (χ0n) is 9.98. The number of piperidine rings is 1. The van der Waals surface area contributed by atoms with Crippen LogP contribution in [0.2, 0.25) is 5.15 Å². The summed E-state index contributed by atoms with van der Waals surface area (Å²) in [4.78, 5) is 11.1. The van der Waals surface area contributed by atoms with E-state index in [0.29, 0.717) is 5.15 Å². The molecule has 17 heavy (non-hydrogen) atoms. The molecule has 1 aliphatic heterocycles. The third-order valence-electron chi connectivity index (χ3n) is 4.15. The summed E-state index contributed by atoms with van der Waals surface area (Å²) in [6, 6.07) is 0.793. The van der Waals surface area contributed by atoms with Gasteiger partial charge in [0.1, 0.15) is 5.15 Å². The van der Waals surface area contributed by atoms with Crippen molar-refractivity contribution < 1.29 is 0 Å².